The van der Waals surface area contributed by atoms with Crippen molar-refractivity contribution >= 4 is 17.8 Å². The third-order valence-electron chi connectivity index (χ3n) is 7.56. The molecule has 1 rings (SSSR count). The number of hydrogen-bond donors (Lipinski definition) is 2. The Labute approximate surface area is 270 Å². The zero-order chi connectivity index (χ0) is 33.3. The minimum Gasteiger partial charge on any atom is -0.547 e. The Morgan fingerprint density at radius 3 is 2.20 bits per heavy atom. The number of methoxy groups -OCH3 is 1. The zero-order valence-corrected chi connectivity index (χ0v) is 27.7. The lowest BCUT2D eigenvalue weighted by molar-refractivity contribution is -0.327. The minimum absolute atomic E-state index is 0.0873. The molecule has 0 heterocycles. The van der Waals surface area contributed by atoms with E-state index in [2.05, 4.69) is 24.1 Å². The fraction of sp³-hybridized carbons (Fsp3) is 0.639. The highest BCUT2D eigenvalue weighted by molar-refractivity contribution is 5.92. The Kier molecular flexibility index (Phi) is 21.1. The van der Waals surface area contributed by atoms with E-state index in [-0.39, 0.29) is 19.4 Å². The second-order valence-corrected chi connectivity index (χ2v) is 11.2. The maximum absolute atomic E-state index is 13.5. The number of hydrogen-bond acceptors (Lipinski definition) is 8. The molecule has 0 unspecified atom stereocenters. The number of esters is 1. The Morgan fingerprint density at radius 1 is 0.978 bits per heavy atom. The van der Waals surface area contributed by atoms with E-state index >= 15 is 0 Å². The summed E-state index contributed by atoms with van der Waals surface area (Å²) in [7, 11) is 1.21. The van der Waals surface area contributed by atoms with Crippen LogP contribution in [0.15, 0.2) is 36.4 Å². The van der Waals surface area contributed by atoms with Crippen molar-refractivity contribution in [2.24, 2.45) is 5.92 Å². The van der Waals surface area contributed by atoms with Gasteiger partial charge in [-0.3, -0.25) is 4.79 Å². The van der Waals surface area contributed by atoms with Crippen LogP contribution in [-0.2, 0) is 30.3 Å². The first-order valence-electron chi connectivity index (χ1n) is 16.4. The SMILES string of the molecule is CC#CCOc1ccc(C[C@H](NC(=O)[C@@H](/C=C/CCCCCCOCCCCCCC)[C@@](O)(CCC)C(=O)[O-])C(=O)OC)cc1. The molecule has 1 aromatic carbocycles. The van der Waals surface area contributed by atoms with Gasteiger partial charge in [-0.2, -0.15) is 0 Å². The van der Waals surface area contributed by atoms with E-state index in [9.17, 15) is 24.6 Å². The molecule has 0 fully saturated rings. The van der Waals surface area contributed by atoms with Crippen LogP contribution in [0.25, 0.3) is 0 Å². The van der Waals surface area contributed by atoms with Gasteiger partial charge in [-0.1, -0.05) is 89.0 Å². The van der Waals surface area contributed by atoms with Crippen molar-refractivity contribution in [3.05, 3.63) is 42.0 Å². The number of nitrogens with one attached hydrogen (secondary N) is 1. The average molecular weight is 629 g/mol. The van der Waals surface area contributed by atoms with E-state index in [1.165, 1.54) is 38.9 Å². The van der Waals surface area contributed by atoms with Crippen LogP contribution in [0, 0.1) is 17.8 Å². The second kappa shape index (κ2) is 24.0. The van der Waals surface area contributed by atoms with Crippen molar-refractivity contribution in [1.29, 1.82) is 0 Å². The number of ether oxygens (including phenoxy) is 3. The number of aliphatic carboxylic acids is 1. The molecular formula is C36H54NO8-. The molecular weight excluding hydrogens is 574 g/mol. The summed E-state index contributed by atoms with van der Waals surface area (Å²) in [5.74, 6) is 1.47. The van der Waals surface area contributed by atoms with Gasteiger partial charge in [0.1, 0.15) is 24.0 Å². The quantitative estimate of drug-likeness (QED) is 0.0690. The lowest BCUT2D eigenvalue weighted by Gasteiger charge is -2.35. The molecule has 0 spiro atoms. The molecule has 45 heavy (non-hydrogen) atoms. The third-order valence-corrected chi connectivity index (χ3v) is 7.56. The lowest BCUT2D eigenvalue weighted by atomic mass is 9.82. The molecule has 0 aliphatic rings. The van der Waals surface area contributed by atoms with E-state index in [0.29, 0.717) is 24.2 Å². The summed E-state index contributed by atoms with van der Waals surface area (Å²) in [6, 6.07) is 5.86. The van der Waals surface area contributed by atoms with Crippen molar-refractivity contribution in [3.63, 3.8) is 0 Å². The van der Waals surface area contributed by atoms with Crippen LogP contribution in [0.2, 0.25) is 0 Å². The number of carboxylic acids is 1. The first-order valence-corrected chi connectivity index (χ1v) is 16.4. The van der Waals surface area contributed by atoms with Crippen LogP contribution in [-0.4, -0.2) is 61.5 Å². The minimum atomic E-state index is -2.44. The molecule has 2 N–H and O–H groups in total. The molecule has 0 aliphatic heterocycles. The highest BCUT2D eigenvalue weighted by Gasteiger charge is 2.41. The van der Waals surface area contributed by atoms with Crippen LogP contribution in [0.3, 0.4) is 0 Å². The molecule has 0 radical (unpaired) electrons. The molecule has 0 aromatic heterocycles. The summed E-state index contributed by atoms with van der Waals surface area (Å²) in [6.45, 7) is 7.44. The number of rotatable bonds is 25. The predicted octanol–water partition coefficient (Wildman–Crippen LogP) is 4.68. The number of carboxylic acid groups (broad SMARTS) is 1. The zero-order valence-electron chi connectivity index (χ0n) is 27.7. The van der Waals surface area contributed by atoms with Crippen LogP contribution in [0.5, 0.6) is 5.75 Å². The maximum atomic E-state index is 13.5. The summed E-state index contributed by atoms with van der Waals surface area (Å²) in [5, 5.41) is 25.8. The molecule has 0 aliphatic carbocycles. The molecule has 3 atom stereocenters. The largest absolute Gasteiger partial charge is 0.547 e. The third kappa shape index (κ3) is 16.0. The first kappa shape index (κ1) is 39.7. The number of allylic oxidation sites excluding steroid dienone is 1. The van der Waals surface area contributed by atoms with Crippen molar-refractivity contribution in [1.82, 2.24) is 5.32 Å². The molecule has 252 valence electrons. The number of benzene rings is 1. The van der Waals surface area contributed by atoms with Gasteiger partial charge >= 0.3 is 5.97 Å². The van der Waals surface area contributed by atoms with Crippen LogP contribution >= 0.6 is 0 Å². The predicted molar refractivity (Wildman–Crippen MR) is 173 cm³/mol. The van der Waals surface area contributed by atoms with Crippen molar-refractivity contribution in [3.8, 4) is 17.6 Å². The Balaban J connectivity index is 2.79. The number of amides is 1. The standard InChI is InChI=1S/C36H55NO8/c1-5-8-10-14-17-25-44-26-18-15-12-11-13-16-19-31(36(42,24-7-3)35(40)41)33(38)37-32(34(39)43-4)28-29-20-22-30(23-21-29)45-27-9-6-2/h16,19-23,31-32,42H,5,7-8,10-15,17-18,24-28H2,1-4H3,(H,37,38)(H,40,41)/p-1/b19-16+/t31-,32+,36+/m1/s1. The molecule has 0 saturated carbocycles. The summed E-state index contributed by atoms with van der Waals surface area (Å²) in [5.41, 5.74) is -1.72. The molecule has 1 amide bonds. The fourth-order valence-corrected chi connectivity index (χ4v) is 4.94. The van der Waals surface area contributed by atoms with Gasteiger partial charge in [-0.25, -0.2) is 4.79 Å². The average Bonchev–Trinajstić information content (AvgIpc) is 3.03. The van der Waals surface area contributed by atoms with Gasteiger partial charge in [0.05, 0.1) is 19.0 Å². The molecule has 0 bridgehead atoms. The summed E-state index contributed by atoms with van der Waals surface area (Å²) >= 11 is 0. The van der Waals surface area contributed by atoms with Crippen molar-refractivity contribution < 1.29 is 38.8 Å². The lowest BCUT2D eigenvalue weighted by Crippen LogP contribution is -2.58. The van der Waals surface area contributed by atoms with Gasteiger partial charge in [0.15, 0.2) is 0 Å². The summed E-state index contributed by atoms with van der Waals surface area (Å²) in [4.78, 5) is 38.2. The van der Waals surface area contributed by atoms with Gasteiger partial charge in [0, 0.05) is 19.6 Å². The maximum Gasteiger partial charge on any atom is 0.328 e. The van der Waals surface area contributed by atoms with Crippen LogP contribution in [0.1, 0.15) is 103 Å². The summed E-state index contributed by atoms with van der Waals surface area (Å²) < 4.78 is 16.1. The number of aliphatic hydroxyl groups is 1. The summed E-state index contributed by atoms with van der Waals surface area (Å²) in [6.07, 6.45) is 13.8. The Morgan fingerprint density at radius 2 is 1.62 bits per heavy atom. The number of carbonyl (C=O) groups is 3. The van der Waals surface area contributed by atoms with Gasteiger partial charge < -0.3 is 34.5 Å². The molecule has 9 heteroatoms. The second-order valence-electron chi connectivity index (χ2n) is 11.2. The molecule has 0 saturated heterocycles. The normalized spacial score (nSPS) is 13.7. The van der Waals surface area contributed by atoms with E-state index in [1.807, 2.05) is 0 Å². The van der Waals surface area contributed by atoms with Gasteiger partial charge in [0.25, 0.3) is 0 Å². The van der Waals surface area contributed by atoms with Gasteiger partial charge in [0.2, 0.25) is 5.91 Å². The first-order chi connectivity index (χ1) is 21.7. The number of carbonyl (C=O) groups excluding carboxylic acids is 3. The molecule has 9 nitrogen and oxygen atoms in total. The molecule has 1 aromatic rings. The van der Waals surface area contributed by atoms with Gasteiger partial charge in [-0.05, 0) is 56.7 Å². The smallest absolute Gasteiger partial charge is 0.328 e. The van der Waals surface area contributed by atoms with E-state index in [1.54, 1.807) is 44.2 Å². The topological polar surface area (TPSA) is 134 Å². The number of unbranched alkanes of at least 4 members (excludes halogenated alkanes) is 8. The Hall–Kier alpha value is -3.35. The van der Waals surface area contributed by atoms with E-state index in [0.717, 1.165) is 45.3 Å². The van der Waals surface area contributed by atoms with Crippen molar-refractivity contribution in [2.45, 2.75) is 116 Å². The highest BCUT2D eigenvalue weighted by atomic mass is 16.5. The van der Waals surface area contributed by atoms with Crippen LogP contribution in [0.4, 0.5) is 0 Å². The van der Waals surface area contributed by atoms with Gasteiger partial charge in [-0.15, -0.1) is 5.92 Å². The van der Waals surface area contributed by atoms with Crippen molar-refractivity contribution in [2.75, 3.05) is 26.9 Å². The van der Waals surface area contributed by atoms with E-state index < -0.39 is 35.4 Å². The highest BCUT2D eigenvalue weighted by Crippen LogP contribution is 2.26. The Bertz CT molecular complexity index is 1070. The van der Waals surface area contributed by atoms with E-state index in [4.69, 9.17) is 14.2 Å². The fourth-order valence-electron chi connectivity index (χ4n) is 4.94. The van der Waals surface area contributed by atoms with Crippen LogP contribution < -0.4 is 15.2 Å². The monoisotopic (exact) mass is 628 g/mol.